The van der Waals surface area contributed by atoms with E-state index in [1.165, 1.54) is 22.9 Å². The Bertz CT molecular complexity index is 1280. The third kappa shape index (κ3) is 5.52. The van der Waals surface area contributed by atoms with Crippen LogP contribution >= 0.6 is 23.2 Å². The Hall–Kier alpha value is -2.65. The second kappa shape index (κ2) is 10.3. The first-order valence-corrected chi connectivity index (χ1v) is 11.6. The molecule has 34 heavy (non-hydrogen) atoms. The predicted octanol–water partition coefficient (Wildman–Crippen LogP) is 3.45. The van der Waals surface area contributed by atoms with Crippen molar-refractivity contribution in [3.63, 3.8) is 0 Å². The van der Waals surface area contributed by atoms with Gasteiger partial charge in [-0.25, -0.2) is 4.39 Å². The largest absolute Gasteiger partial charge is 0.490 e. The van der Waals surface area contributed by atoms with E-state index in [1.54, 1.807) is 18.2 Å². The summed E-state index contributed by atoms with van der Waals surface area (Å²) in [4.78, 5) is 26.8. The van der Waals surface area contributed by atoms with E-state index in [0.717, 1.165) is 18.9 Å². The van der Waals surface area contributed by atoms with E-state index in [0.29, 0.717) is 35.4 Å². The molecule has 1 amide bonds. The molecule has 0 saturated carbocycles. The fourth-order valence-electron chi connectivity index (χ4n) is 4.23. The number of primary amides is 1. The lowest BCUT2D eigenvalue weighted by atomic mass is 10.1. The van der Waals surface area contributed by atoms with Crippen LogP contribution in [0.1, 0.15) is 23.2 Å². The number of carbonyl (C=O) groups excluding carboxylic acids is 1. The van der Waals surface area contributed by atoms with Crippen LogP contribution in [-0.2, 0) is 6.54 Å². The van der Waals surface area contributed by atoms with E-state index in [9.17, 15) is 19.1 Å². The summed E-state index contributed by atoms with van der Waals surface area (Å²) < 4.78 is 20.9. The fraction of sp³-hybridized carbons (Fsp3) is 0.333. The second-order valence-corrected chi connectivity index (χ2v) is 9.22. The highest BCUT2D eigenvalue weighted by molar-refractivity contribution is 6.42. The van der Waals surface area contributed by atoms with Crippen LogP contribution in [0, 0.1) is 5.82 Å². The standard InChI is InChI=1S/C24H24Cl2FN3O4/c25-21-4-2-17(10-22(21)26)34-16-5-7-29(8-6-16)11-15(31)12-30-13-20(23(28)32)18-3-1-14(27)9-19(18)24(30)33/h1-4,9-10,13,15-16,31H,5-8,11-12H2,(H2,28,32)/t15-/m1/s1. The van der Waals surface area contributed by atoms with Gasteiger partial charge in [0.15, 0.2) is 0 Å². The molecule has 3 N–H and O–H groups in total. The molecule has 0 bridgehead atoms. The molecule has 3 aromatic rings. The van der Waals surface area contributed by atoms with Gasteiger partial charge in [0.1, 0.15) is 17.7 Å². The number of carbonyl (C=O) groups is 1. The van der Waals surface area contributed by atoms with E-state index >= 15 is 0 Å². The summed E-state index contributed by atoms with van der Waals surface area (Å²) in [5.74, 6) is -0.668. The monoisotopic (exact) mass is 507 g/mol. The Morgan fingerprint density at radius 2 is 1.85 bits per heavy atom. The van der Waals surface area contributed by atoms with Gasteiger partial charge in [-0.1, -0.05) is 29.3 Å². The lowest BCUT2D eigenvalue weighted by Gasteiger charge is -2.33. The zero-order valence-corrected chi connectivity index (χ0v) is 19.7. The maximum absolute atomic E-state index is 13.7. The van der Waals surface area contributed by atoms with Crippen LogP contribution in [0.3, 0.4) is 0 Å². The molecule has 1 saturated heterocycles. The van der Waals surface area contributed by atoms with Crippen LogP contribution in [0.25, 0.3) is 10.8 Å². The minimum Gasteiger partial charge on any atom is -0.490 e. The normalized spacial score (nSPS) is 16.0. The Kier molecular flexibility index (Phi) is 7.42. The zero-order chi connectivity index (χ0) is 24.4. The highest BCUT2D eigenvalue weighted by Gasteiger charge is 2.23. The smallest absolute Gasteiger partial charge is 0.258 e. The number of nitrogens with two attached hydrogens (primary N) is 1. The number of ether oxygens (including phenoxy) is 1. The number of aromatic nitrogens is 1. The number of benzene rings is 2. The van der Waals surface area contributed by atoms with E-state index in [1.807, 2.05) is 0 Å². The topological polar surface area (TPSA) is 97.8 Å². The third-order valence-corrected chi connectivity index (χ3v) is 6.66. The van der Waals surface area contributed by atoms with Gasteiger partial charge in [0, 0.05) is 37.3 Å². The molecule has 10 heteroatoms. The minimum atomic E-state index is -0.878. The van der Waals surface area contributed by atoms with Crippen molar-refractivity contribution in [2.75, 3.05) is 19.6 Å². The molecule has 1 aliphatic rings. The molecule has 7 nitrogen and oxygen atoms in total. The van der Waals surface area contributed by atoms with Crippen molar-refractivity contribution in [2.24, 2.45) is 5.73 Å². The first kappa shape index (κ1) is 24.5. The molecule has 1 aliphatic heterocycles. The van der Waals surface area contributed by atoms with Crippen molar-refractivity contribution in [3.8, 4) is 5.75 Å². The summed E-state index contributed by atoms with van der Waals surface area (Å²) in [6.07, 6.45) is 1.98. The molecule has 0 spiro atoms. The van der Waals surface area contributed by atoms with Gasteiger partial charge in [-0.15, -0.1) is 0 Å². The number of hydrogen-bond donors (Lipinski definition) is 2. The first-order chi connectivity index (χ1) is 16.2. The van der Waals surface area contributed by atoms with Crippen molar-refractivity contribution in [3.05, 3.63) is 74.4 Å². The highest BCUT2D eigenvalue weighted by atomic mass is 35.5. The van der Waals surface area contributed by atoms with Gasteiger partial charge in [0.2, 0.25) is 0 Å². The molecule has 1 aromatic heterocycles. The second-order valence-electron chi connectivity index (χ2n) is 8.40. The highest BCUT2D eigenvalue weighted by Crippen LogP contribution is 2.28. The summed E-state index contributed by atoms with van der Waals surface area (Å²) in [7, 11) is 0. The number of piperidine rings is 1. The third-order valence-electron chi connectivity index (χ3n) is 5.92. The number of pyridine rings is 1. The van der Waals surface area contributed by atoms with Gasteiger partial charge in [-0.2, -0.15) is 0 Å². The molecule has 0 aliphatic carbocycles. The number of likely N-dealkylation sites (tertiary alicyclic amines) is 1. The van der Waals surface area contributed by atoms with Crippen LogP contribution in [0.5, 0.6) is 5.75 Å². The summed E-state index contributed by atoms with van der Waals surface area (Å²) in [6, 6.07) is 8.76. The van der Waals surface area contributed by atoms with Crippen LogP contribution < -0.4 is 16.0 Å². The van der Waals surface area contributed by atoms with Crippen molar-refractivity contribution in [2.45, 2.75) is 31.6 Å². The van der Waals surface area contributed by atoms with E-state index in [4.69, 9.17) is 33.7 Å². The maximum atomic E-state index is 13.7. The van der Waals surface area contributed by atoms with E-state index in [-0.39, 0.29) is 29.0 Å². The number of rotatable bonds is 7. The summed E-state index contributed by atoms with van der Waals surface area (Å²) in [5.41, 5.74) is 5.06. The number of aliphatic hydroxyl groups is 1. The number of hydrogen-bond acceptors (Lipinski definition) is 5. The number of nitrogens with zero attached hydrogens (tertiary/aromatic N) is 2. The van der Waals surface area contributed by atoms with Crippen molar-refractivity contribution in [1.29, 1.82) is 0 Å². The Morgan fingerprint density at radius 1 is 1.12 bits per heavy atom. The van der Waals surface area contributed by atoms with Gasteiger partial charge in [-0.3, -0.25) is 9.59 Å². The lowest BCUT2D eigenvalue weighted by Crippen LogP contribution is -2.43. The average Bonchev–Trinajstić information content (AvgIpc) is 2.79. The quantitative estimate of drug-likeness (QED) is 0.510. The number of aliphatic hydroxyl groups excluding tert-OH is 1. The van der Waals surface area contributed by atoms with Gasteiger partial charge in [-0.05, 0) is 37.1 Å². The van der Waals surface area contributed by atoms with Gasteiger partial charge in [0.05, 0.1) is 33.6 Å². The van der Waals surface area contributed by atoms with Crippen LogP contribution in [0.2, 0.25) is 10.0 Å². The molecule has 1 atom stereocenters. The van der Waals surface area contributed by atoms with Crippen LogP contribution in [0.15, 0.2) is 47.4 Å². The number of fused-ring (bicyclic) bond motifs is 1. The van der Waals surface area contributed by atoms with Gasteiger partial charge >= 0.3 is 0 Å². The summed E-state index contributed by atoms with van der Waals surface area (Å²) in [6.45, 7) is 1.69. The SMILES string of the molecule is NC(=O)c1cn(C[C@H](O)CN2CCC(Oc3ccc(Cl)c(Cl)c3)CC2)c(=O)c2cc(F)ccc12. The average molecular weight is 508 g/mol. The molecule has 0 unspecified atom stereocenters. The van der Waals surface area contributed by atoms with Crippen molar-refractivity contribution in [1.82, 2.24) is 9.47 Å². The van der Waals surface area contributed by atoms with E-state index in [2.05, 4.69) is 4.90 Å². The Morgan fingerprint density at radius 3 is 2.53 bits per heavy atom. The van der Waals surface area contributed by atoms with Crippen molar-refractivity contribution >= 4 is 39.9 Å². The van der Waals surface area contributed by atoms with Crippen molar-refractivity contribution < 1.29 is 19.0 Å². The Balaban J connectivity index is 1.38. The first-order valence-electron chi connectivity index (χ1n) is 10.9. The summed E-state index contributed by atoms with van der Waals surface area (Å²) in [5, 5.41) is 11.9. The molecule has 1 fully saturated rings. The minimum absolute atomic E-state index is 0.0155. The fourth-order valence-corrected chi connectivity index (χ4v) is 4.52. The predicted molar refractivity (Wildman–Crippen MR) is 129 cm³/mol. The van der Waals surface area contributed by atoms with Crippen LogP contribution in [-0.4, -0.2) is 52.3 Å². The number of β-amino-alcohol motifs (C(OH)–C–C–N with tert-alkyl or cyclic N) is 1. The molecule has 2 aromatic carbocycles. The molecule has 0 radical (unpaired) electrons. The van der Waals surface area contributed by atoms with Gasteiger partial charge < -0.3 is 25.0 Å². The summed E-state index contributed by atoms with van der Waals surface area (Å²) >= 11 is 12.0. The lowest BCUT2D eigenvalue weighted by molar-refractivity contribution is 0.0544. The Labute approximate surface area is 205 Å². The molecule has 4 rings (SSSR count). The molecular weight excluding hydrogens is 484 g/mol. The number of halogens is 3. The molecule has 2 heterocycles. The molecule has 180 valence electrons. The molecular formula is C24H24Cl2FN3O4. The van der Waals surface area contributed by atoms with E-state index < -0.39 is 23.4 Å². The maximum Gasteiger partial charge on any atom is 0.258 e. The number of amides is 1. The zero-order valence-electron chi connectivity index (χ0n) is 18.2. The van der Waals surface area contributed by atoms with Crippen LogP contribution in [0.4, 0.5) is 4.39 Å². The van der Waals surface area contributed by atoms with Gasteiger partial charge in [0.25, 0.3) is 11.5 Å².